The predicted octanol–water partition coefficient (Wildman–Crippen LogP) is 11.0. The number of ketones is 1. The molecule has 3 rings (SSSR count). The van der Waals surface area contributed by atoms with E-state index in [1.165, 1.54) is 0 Å². The van der Waals surface area contributed by atoms with Gasteiger partial charge in [0.25, 0.3) is 8.32 Å². The minimum absolute atomic E-state index is 0.0500. The lowest BCUT2D eigenvalue weighted by molar-refractivity contribution is -0.126. The first-order valence-electron chi connectivity index (χ1n) is 23.0. The summed E-state index contributed by atoms with van der Waals surface area (Å²) in [5, 5.41) is 23.9. The van der Waals surface area contributed by atoms with Crippen LogP contribution in [0.2, 0.25) is 42.8 Å². The molecule has 0 aliphatic carbocycles. The molecule has 0 saturated heterocycles. The first-order chi connectivity index (χ1) is 29.8. The van der Waals surface area contributed by atoms with Crippen molar-refractivity contribution in [3.8, 4) is 6.07 Å². The first-order valence-corrected chi connectivity index (χ1v) is 31.3. The second-order valence-corrected chi connectivity index (χ2v) is 33.0. The normalized spacial score (nSPS) is 16.5. The smallest absolute Gasteiger partial charge is 0.261 e. The van der Waals surface area contributed by atoms with Crippen LogP contribution in [0.4, 0.5) is 0 Å². The van der Waals surface area contributed by atoms with Crippen LogP contribution in [0, 0.1) is 17.2 Å². The number of alkyl halides is 1. The van der Waals surface area contributed by atoms with Crippen molar-refractivity contribution in [2.45, 2.75) is 165 Å². The first kappa shape index (κ1) is 54.6. The van der Waals surface area contributed by atoms with Crippen molar-refractivity contribution in [3.05, 3.63) is 109 Å². The van der Waals surface area contributed by atoms with Crippen LogP contribution in [0.5, 0.6) is 0 Å². The van der Waals surface area contributed by atoms with Crippen molar-refractivity contribution in [1.82, 2.24) is 0 Å². The molecule has 1 N–H and O–H groups in total. The molecule has 0 aromatic heterocycles. The van der Waals surface area contributed by atoms with Gasteiger partial charge >= 0.3 is 0 Å². The molecule has 0 fully saturated rings. The SMILES string of the molecule is C=C[C@@H](O[Si](c1ccccc1)(c1ccccc1)C(C)(C)C)[C@@H](Cl)[C@@H](CC(C#N)(CC[C@H](C)C(=O)C[C@H](O)[C@H](CCOCc1ccccc1)O[Si](CC)(CC)CC)O[Si](C)(C)C)OC. The predicted molar refractivity (Wildman–Crippen MR) is 267 cm³/mol. The van der Waals surface area contributed by atoms with Gasteiger partial charge in [0.15, 0.2) is 16.6 Å². The van der Waals surface area contributed by atoms with E-state index >= 15 is 0 Å². The molecule has 0 aliphatic rings. The lowest BCUT2D eigenvalue weighted by atomic mass is 9.85. The molecule has 8 nitrogen and oxygen atoms in total. The summed E-state index contributed by atoms with van der Waals surface area (Å²) < 4.78 is 33.2. The van der Waals surface area contributed by atoms with Gasteiger partial charge in [-0.1, -0.05) is 146 Å². The van der Waals surface area contributed by atoms with E-state index in [9.17, 15) is 15.2 Å². The minimum Gasteiger partial charge on any atom is -0.411 e. The Balaban J connectivity index is 1.85. The van der Waals surface area contributed by atoms with Crippen LogP contribution in [0.15, 0.2) is 104 Å². The van der Waals surface area contributed by atoms with Crippen LogP contribution < -0.4 is 10.4 Å². The molecule has 0 saturated carbocycles. The van der Waals surface area contributed by atoms with Gasteiger partial charge in [-0.15, -0.1) is 18.2 Å². The Morgan fingerprint density at radius 1 is 0.857 bits per heavy atom. The fraction of sp³-hybridized carbons (Fsp3) is 0.569. The van der Waals surface area contributed by atoms with Crippen molar-refractivity contribution in [1.29, 1.82) is 5.26 Å². The van der Waals surface area contributed by atoms with E-state index in [2.05, 4.69) is 98.1 Å². The molecule has 0 amide bonds. The van der Waals surface area contributed by atoms with Crippen LogP contribution in [-0.4, -0.2) is 85.0 Å². The van der Waals surface area contributed by atoms with Crippen LogP contribution in [-0.2, 0) is 34.2 Å². The summed E-state index contributed by atoms with van der Waals surface area (Å²) in [7, 11) is -5.90. The number of rotatable bonds is 29. The summed E-state index contributed by atoms with van der Waals surface area (Å²) in [6.07, 6.45) is 0.165. The number of nitrogens with zero attached hydrogens (tertiary/aromatic N) is 1. The number of aliphatic hydroxyl groups is 1. The van der Waals surface area contributed by atoms with Gasteiger partial charge in [0.1, 0.15) is 11.4 Å². The second-order valence-electron chi connectivity index (χ2n) is 19.1. The third-order valence-electron chi connectivity index (χ3n) is 12.5. The quantitative estimate of drug-likeness (QED) is 0.0317. The number of halogens is 1. The van der Waals surface area contributed by atoms with E-state index in [0.717, 1.165) is 34.1 Å². The minimum atomic E-state index is -3.04. The standard InChI is InChI=1S/C51H78ClNO7Si3/c1-13-46(59-63(50(6,7)8,42-28-22-18-23-29-42)43-30-24-19-25-31-43)49(52)48(56-9)37-51(39-53,60-61(10,11)12)34-32-40(5)44(54)36-45(55)47(58-62(14-2,15-3)16-4)33-35-57-38-41-26-20-17-21-27-41/h13,17-31,40,45-49,55H,1,14-16,32-38H2,2-12H3/t40-,45-,46+,47-,48+,49+,51?/m0/s1. The van der Waals surface area contributed by atoms with E-state index in [0.29, 0.717) is 26.1 Å². The number of carbonyl (C=O) groups excluding carboxylic acids is 1. The lowest BCUT2D eigenvalue weighted by Crippen LogP contribution is -2.68. The van der Waals surface area contributed by atoms with Crippen LogP contribution in [0.3, 0.4) is 0 Å². The van der Waals surface area contributed by atoms with Crippen molar-refractivity contribution < 1.29 is 32.7 Å². The molecule has 7 atom stereocenters. The lowest BCUT2D eigenvalue weighted by Gasteiger charge is -2.46. The molecule has 3 aromatic rings. The number of benzene rings is 3. The largest absolute Gasteiger partial charge is 0.411 e. The fourth-order valence-electron chi connectivity index (χ4n) is 8.67. The highest BCUT2D eigenvalue weighted by molar-refractivity contribution is 6.99. The summed E-state index contributed by atoms with van der Waals surface area (Å²) in [6.45, 7) is 26.2. The maximum atomic E-state index is 14.0. The van der Waals surface area contributed by atoms with Crippen molar-refractivity contribution in [3.63, 3.8) is 0 Å². The highest BCUT2D eigenvalue weighted by Gasteiger charge is 2.53. The van der Waals surface area contributed by atoms with Crippen LogP contribution >= 0.6 is 11.6 Å². The summed E-state index contributed by atoms with van der Waals surface area (Å²) in [5.74, 6) is -0.535. The number of methoxy groups -OCH3 is 1. The summed E-state index contributed by atoms with van der Waals surface area (Å²) in [6, 6.07) is 36.1. The van der Waals surface area contributed by atoms with Crippen molar-refractivity contribution in [2.24, 2.45) is 5.92 Å². The van der Waals surface area contributed by atoms with Gasteiger partial charge in [0.05, 0.1) is 42.5 Å². The Labute approximate surface area is 389 Å². The molecule has 0 aliphatic heterocycles. The zero-order valence-electron chi connectivity index (χ0n) is 40.2. The Morgan fingerprint density at radius 2 is 1.38 bits per heavy atom. The highest BCUT2D eigenvalue weighted by Crippen LogP contribution is 2.40. The van der Waals surface area contributed by atoms with Crippen LogP contribution in [0.1, 0.15) is 86.1 Å². The Kier molecular flexibility index (Phi) is 21.9. The summed E-state index contributed by atoms with van der Waals surface area (Å²) in [5.41, 5.74) is -0.224. The molecule has 12 heteroatoms. The van der Waals surface area contributed by atoms with E-state index in [1.807, 2.05) is 73.7 Å². The van der Waals surface area contributed by atoms with Crippen molar-refractivity contribution >= 4 is 52.7 Å². The zero-order chi connectivity index (χ0) is 46.9. The number of carbonyl (C=O) groups is 1. The third kappa shape index (κ3) is 15.4. The van der Waals surface area contributed by atoms with Gasteiger partial charge in [0, 0.05) is 32.5 Å². The maximum absolute atomic E-state index is 14.0. The molecule has 348 valence electrons. The molecule has 63 heavy (non-hydrogen) atoms. The number of Topliss-reactive ketones (excluding diaryl/α,β-unsaturated/α-hetero) is 1. The van der Waals surface area contributed by atoms with Gasteiger partial charge in [-0.3, -0.25) is 4.79 Å². The molecule has 1 unspecified atom stereocenters. The third-order valence-corrected chi connectivity index (χ3v) is 23.8. The molecule has 0 bridgehead atoms. The zero-order valence-corrected chi connectivity index (χ0v) is 44.0. The Morgan fingerprint density at radius 3 is 1.83 bits per heavy atom. The number of aliphatic hydroxyl groups excluding tert-OH is 1. The average Bonchev–Trinajstić information content (AvgIpc) is 3.27. The second kappa shape index (κ2) is 25.2. The van der Waals surface area contributed by atoms with Gasteiger partial charge in [-0.05, 0) is 78.0 Å². The van der Waals surface area contributed by atoms with E-state index in [1.54, 1.807) is 13.2 Å². The van der Waals surface area contributed by atoms with E-state index < -0.39 is 66.3 Å². The van der Waals surface area contributed by atoms with Gasteiger partial charge in [-0.25, -0.2) is 0 Å². The molecular formula is C51H78ClNO7Si3. The monoisotopic (exact) mass is 935 g/mol. The summed E-state index contributed by atoms with van der Waals surface area (Å²) >= 11 is 7.48. The number of hydrogen-bond acceptors (Lipinski definition) is 8. The number of hydrogen-bond donors (Lipinski definition) is 1. The molecule has 3 aromatic carbocycles. The van der Waals surface area contributed by atoms with Gasteiger partial charge < -0.3 is 27.9 Å². The van der Waals surface area contributed by atoms with E-state index in [4.69, 9.17) is 34.4 Å². The molecule has 0 spiro atoms. The van der Waals surface area contributed by atoms with Gasteiger partial charge in [-0.2, -0.15) is 5.26 Å². The molecular weight excluding hydrogens is 858 g/mol. The number of ether oxygens (including phenoxy) is 2. The van der Waals surface area contributed by atoms with Crippen LogP contribution in [0.25, 0.3) is 0 Å². The summed E-state index contributed by atoms with van der Waals surface area (Å²) in [4.78, 5) is 14.0. The van der Waals surface area contributed by atoms with E-state index in [-0.39, 0.29) is 30.1 Å². The average molecular weight is 937 g/mol. The Bertz CT molecular complexity index is 1780. The topological polar surface area (TPSA) is 107 Å². The van der Waals surface area contributed by atoms with Gasteiger partial charge in [0.2, 0.25) is 0 Å². The van der Waals surface area contributed by atoms with Crippen molar-refractivity contribution in [2.75, 3.05) is 13.7 Å². The Hall–Kier alpha value is -2.74. The number of nitriles is 1. The maximum Gasteiger partial charge on any atom is 0.261 e. The fourth-order valence-corrected chi connectivity index (χ4v) is 18.1. The molecule has 0 heterocycles. The highest BCUT2D eigenvalue weighted by atomic mass is 35.5. The molecule has 0 radical (unpaired) electrons.